The summed E-state index contributed by atoms with van der Waals surface area (Å²) in [6.07, 6.45) is 3.68. The first-order chi connectivity index (χ1) is 9.60. The first-order valence-electron chi connectivity index (χ1n) is 5.95. The molecule has 0 aliphatic heterocycles. The van der Waals surface area contributed by atoms with Crippen molar-refractivity contribution in [3.63, 3.8) is 0 Å². The monoisotopic (exact) mass is 332 g/mol. The summed E-state index contributed by atoms with van der Waals surface area (Å²) in [4.78, 5) is 11.3. The smallest absolute Gasteiger partial charge is 0.337 e. The van der Waals surface area contributed by atoms with Crippen molar-refractivity contribution < 1.29 is 14.6 Å². The lowest BCUT2D eigenvalue weighted by molar-refractivity contribution is 0.0600. The zero-order valence-electron chi connectivity index (χ0n) is 10.8. The average molecular weight is 333 g/mol. The number of rotatable bonds is 3. The summed E-state index contributed by atoms with van der Waals surface area (Å²) in [5.41, 5.74) is 1.98. The van der Waals surface area contributed by atoms with E-state index in [0.29, 0.717) is 11.1 Å². The second-order valence-corrected chi connectivity index (χ2v) is 5.07. The molecular formula is C16H13BrO3. The molecular weight excluding hydrogens is 320 g/mol. The second kappa shape index (κ2) is 6.39. The van der Waals surface area contributed by atoms with Gasteiger partial charge in [0.15, 0.2) is 0 Å². The van der Waals surface area contributed by atoms with Crippen molar-refractivity contribution >= 4 is 34.1 Å². The molecule has 3 nitrogen and oxygen atoms in total. The first-order valence-corrected chi connectivity index (χ1v) is 6.74. The summed E-state index contributed by atoms with van der Waals surface area (Å²) in [7, 11) is 1.31. The molecule has 0 radical (unpaired) electrons. The predicted octanol–water partition coefficient (Wildman–Crippen LogP) is 4.11. The highest BCUT2D eigenvalue weighted by Crippen LogP contribution is 2.22. The van der Waals surface area contributed by atoms with Crippen molar-refractivity contribution in [3.8, 4) is 5.75 Å². The van der Waals surface area contributed by atoms with Crippen LogP contribution >= 0.6 is 15.9 Å². The number of esters is 1. The molecule has 20 heavy (non-hydrogen) atoms. The minimum absolute atomic E-state index is 0.0428. The van der Waals surface area contributed by atoms with Crippen molar-refractivity contribution in [3.05, 3.63) is 63.6 Å². The number of phenolic OH excluding ortho intramolecular Hbond substituents is 1. The minimum atomic E-state index is -0.469. The summed E-state index contributed by atoms with van der Waals surface area (Å²) in [5.74, 6) is -0.426. The molecule has 0 saturated carbocycles. The fourth-order valence-corrected chi connectivity index (χ4v) is 1.95. The maximum Gasteiger partial charge on any atom is 0.337 e. The number of benzene rings is 2. The third kappa shape index (κ3) is 3.48. The SMILES string of the molecule is COC(=O)c1ccc(/C=C/c2ccc(Br)cc2)c(O)c1. The lowest BCUT2D eigenvalue weighted by Gasteiger charge is -2.03. The zero-order valence-corrected chi connectivity index (χ0v) is 12.4. The van der Waals surface area contributed by atoms with Gasteiger partial charge in [0.2, 0.25) is 0 Å². The molecule has 0 bridgehead atoms. The summed E-state index contributed by atoms with van der Waals surface area (Å²) >= 11 is 3.37. The van der Waals surface area contributed by atoms with E-state index in [-0.39, 0.29) is 5.75 Å². The maximum atomic E-state index is 11.3. The van der Waals surface area contributed by atoms with Crippen LogP contribution < -0.4 is 0 Å². The molecule has 2 rings (SSSR count). The van der Waals surface area contributed by atoms with Crippen molar-refractivity contribution in [1.29, 1.82) is 0 Å². The molecule has 2 aromatic carbocycles. The van der Waals surface area contributed by atoms with Crippen molar-refractivity contribution in [2.45, 2.75) is 0 Å². The highest BCUT2D eigenvalue weighted by atomic mass is 79.9. The van der Waals surface area contributed by atoms with Crippen LogP contribution in [0.2, 0.25) is 0 Å². The van der Waals surface area contributed by atoms with Crippen LogP contribution in [0.25, 0.3) is 12.2 Å². The van der Waals surface area contributed by atoms with Crippen LogP contribution in [0.4, 0.5) is 0 Å². The van der Waals surface area contributed by atoms with E-state index in [4.69, 9.17) is 0 Å². The number of hydrogen-bond acceptors (Lipinski definition) is 3. The molecule has 1 N–H and O–H groups in total. The number of carbonyl (C=O) groups excluding carboxylic acids is 1. The quantitative estimate of drug-likeness (QED) is 0.679. The number of carbonyl (C=O) groups is 1. The van der Waals surface area contributed by atoms with Crippen molar-refractivity contribution in [1.82, 2.24) is 0 Å². The number of methoxy groups -OCH3 is 1. The third-order valence-corrected chi connectivity index (χ3v) is 3.31. The van der Waals surface area contributed by atoms with Crippen LogP contribution in [-0.2, 0) is 4.74 Å². The molecule has 0 spiro atoms. The van der Waals surface area contributed by atoms with E-state index < -0.39 is 5.97 Å². The fourth-order valence-electron chi connectivity index (χ4n) is 1.69. The summed E-state index contributed by atoms with van der Waals surface area (Å²) < 4.78 is 5.61. The van der Waals surface area contributed by atoms with E-state index >= 15 is 0 Å². The Morgan fingerprint density at radius 2 is 1.85 bits per heavy atom. The van der Waals surface area contributed by atoms with Gasteiger partial charge in [-0.3, -0.25) is 0 Å². The van der Waals surface area contributed by atoms with E-state index in [9.17, 15) is 9.90 Å². The molecule has 0 aromatic heterocycles. The maximum absolute atomic E-state index is 11.3. The summed E-state index contributed by atoms with van der Waals surface area (Å²) in [6.45, 7) is 0. The van der Waals surface area contributed by atoms with E-state index in [1.54, 1.807) is 18.2 Å². The van der Waals surface area contributed by atoms with Crippen LogP contribution in [0, 0.1) is 0 Å². The number of aromatic hydroxyl groups is 1. The van der Waals surface area contributed by atoms with Gasteiger partial charge in [0.05, 0.1) is 12.7 Å². The molecule has 102 valence electrons. The zero-order chi connectivity index (χ0) is 14.5. The van der Waals surface area contributed by atoms with Crippen LogP contribution in [0.3, 0.4) is 0 Å². The number of halogens is 1. The van der Waals surface area contributed by atoms with Gasteiger partial charge in [-0.2, -0.15) is 0 Å². The van der Waals surface area contributed by atoms with Crippen LogP contribution in [0.15, 0.2) is 46.9 Å². The van der Waals surface area contributed by atoms with E-state index in [2.05, 4.69) is 20.7 Å². The Morgan fingerprint density at radius 3 is 2.45 bits per heavy atom. The van der Waals surface area contributed by atoms with Gasteiger partial charge >= 0.3 is 5.97 Å². The Morgan fingerprint density at radius 1 is 1.15 bits per heavy atom. The van der Waals surface area contributed by atoms with E-state index in [1.807, 2.05) is 30.3 Å². The van der Waals surface area contributed by atoms with Crippen LogP contribution in [0.1, 0.15) is 21.5 Å². The Labute approximate surface area is 125 Å². The third-order valence-electron chi connectivity index (χ3n) is 2.78. The molecule has 0 unspecified atom stereocenters. The lowest BCUT2D eigenvalue weighted by atomic mass is 10.1. The van der Waals surface area contributed by atoms with Gasteiger partial charge in [-0.1, -0.05) is 46.3 Å². The predicted molar refractivity (Wildman–Crippen MR) is 82.5 cm³/mol. The number of ether oxygens (including phenoxy) is 1. The van der Waals surface area contributed by atoms with Crippen LogP contribution in [-0.4, -0.2) is 18.2 Å². The van der Waals surface area contributed by atoms with Crippen molar-refractivity contribution in [2.75, 3.05) is 7.11 Å². The minimum Gasteiger partial charge on any atom is -0.507 e. The lowest BCUT2D eigenvalue weighted by Crippen LogP contribution is -2.00. The standard InChI is InChI=1S/C16H13BrO3/c1-20-16(19)13-7-6-12(15(18)10-13)5-2-11-3-8-14(17)9-4-11/h2-10,18H,1H3/b5-2+. The second-order valence-electron chi connectivity index (χ2n) is 4.15. The molecule has 0 atom stereocenters. The normalized spacial score (nSPS) is 10.7. The molecule has 2 aromatic rings. The molecule has 0 amide bonds. The van der Waals surface area contributed by atoms with Gasteiger partial charge in [-0.05, 0) is 29.8 Å². The van der Waals surface area contributed by atoms with Crippen molar-refractivity contribution in [2.24, 2.45) is 0 Å². The highest BCUT2D eigenvalue weighted by Gasteiger charge is 2.07. The molecule has 0 fully saturated rings. The largest absolute Gasteiger partial charge is 0.507 e. The Bertz CT molecular complexity index is 645. The number of hydrogen-bond donors (Lipinski definition) is 1. The molecule has 0 aliphatic carbocycles. The van der Waals surface area contributed by atoms with E-state index in [1.165, 1.54) is 13.2 Å². The summed E-state index contributed by atoms with van der Waals surface area (Å²) in [5, 5.41) is 9.89. The van der Waals surface area contributed by atoms with Gasteiger partial charge < -0.3 is 9.84 Å². The van der Waals surface area contributed by atoms with Gasteiger partial charge in [0.1, 0.15) is 5.75 Å². The Balaban J connectivity index is 2.21. The topological polar surface area (TPSA) is 46.5 Å². The molecule has 0 aliphatic rings. The molecule has 0 saturated heterocycles. The highest BCUT2D eigenvalue weighted by molar-refractivity contribution is 9.10. The Hall–Kier alpha value is -2.07. The van der Waals surface area contributed by atoms with E-state index in [0.717, 1.165) is 10.0 Å². The van der Waals surface area contributed by atoms with Gasteiger partial charge in [-0.25, -0.2) is 4.79 Å². The van der Waals surface area contributed by atoms with Crippen LogP contribution in [0.5, 0.6) is 5.75 Å². The van der Waals surface area contributed by atoms with Gasteiger partial charge in [-0.15, -0.1) is 0 Å². The summed E-state index contributed by atoms with van der Waals surface area (Å²) in [6, 6.07) is 12.5. The molecule has 4 heteroatoms. The van der Waals surface area contributed by atoms with Gasteiger partial charge in [0.25, 0.3) is 0 Å². The molecule has 0 heterocycles. The van der Waals surface area contributed by atoms with Gasteiger partial charge in [0, 0.05) is 10.0 Å². The number of phenols is 1. The average Bonchev–Trinajstić information content (AvgIpc) is 2.46. The fraction of sp³-hybridized carbons (Fsp3) is 0.0625. The first kappa shape index (κ1) is 14.3. The Kier molecular flexibility index (Phi) is 4.58.